The summed E-state index contributed by atoms with van der Waals surface area (Å²) in [7, 11) is 0. The monoisotopic (exact) mass is 265 g/mol. The van der Waals surface area contributed by atoms with Gasteiger partial charge >= 0.3 is 6.09 Å². The van der Waals surface area contributed by atoms with Crippen LogP contribution >= 0.6 is 0 Å². The van der Waals surface area contributed by atoms with E-state index in [2.05, 4.69) is 0 Å². The second-order valence-corrected chi connectivity index (χ2v) is 5.05. The van der Waals surface area contributed by atoms with Crippen LogP contribution in [-0.2, 0) is 16.0 Å². The lowest BCUT2D eigenvalue weighted by molar-refractivity contribution is -0.126. The largest absolute Gasteiger partial charge is 0.448 e. The van der Waals surface area contributed by atoms with Crippen molar-refractivity contribution in [1.29, 1.82) is 0 Å². The van der Waals surface area contributed by atoms with Crippen LogP contribution in [-0.4, -0.2) is 35.5 Å². The molecule has 1 aliphatic rings. The van der Waals surface area contributed by atoms with Crippen molar-refractivity contribution < 1.29 is 18.7 Å². The molecule has 1 amide bonds. The van der Waals surface area contributed by atoms with E-state index in [1.807, 2.05) is 0 Å². The minimum Gasteiger partial charge on any atom is -0.448 e. The van der Waals surface area contributed by atoms with Gasteiger partial charge in [0.05, 0.1) is 12.1 Å². The van der Waals surface area contributed by atoms with Gasteiger partial charge in [-0.3, -0.25) is 9.69 Å². The number of benzene rings is 1. The molecule has 0 N–H and O–H groups in total. The molecule has 4 nitrogen and oxygen atoms in total. The van der Waals surface area contributed by atoms with E-state index in [-0.39, 0.29) is 18.0 Å². The molecular weight excluding hydrogens is 249 g/mol. The highest BCUT2D eigenvalue weighted by Gasteiger charge is 2.40. The van der Waals surface area contributed by atoms with Gasteiger partial charge in [0.2, 0.25) is 0 Å². The Morgan fingerprint density at radius 1 is 1.37 bits per heavy atom. The summed E-state index contributed by atoms with van der Waals surface area (Å²) < 4.78 is 17.7. The number of nitrogens with zero attached hydrogens (tertiary/aromatic N) is 1. The topological polar surface area (TPSA) is 46.6 Å². The number of Topliss-reactive ketones (excluding diaryl/α,β-unsaturated/α-hetero) is 1. The van der Waals surface area contributed by atoms with Crippen LogP contribution in [0.4, 0.5) is 9.18 Å². The highest BCUT2D eigenvalue weighted by Crippen LogP contribution is 2.22. The molecule has 0 aliphatic carbocycles. The van der Waals surface area contributed by atoms with Crippen LogP contribution in [0.2, 0.25) is 0 Å². The Balaban J connectivity index is 2.10. The van der Waals surface area contributed by atoms with Gasteiger partial charge in [-0.2, -0.15) is 0 Å². The van der Waals surface area contributed by atoms with Gasteiger partial charge in [-0.05, 0) is 31.5 Å². The maximum atomic E-state index is 12.8. The summed E-state index contributed by atoms with van der Waals surface area (Å²) in [5.74, 6) is -0.434. The molecule has 5 heteroatoms. The van der Waals surface area contributed by atoms with Crippen molar-refractivity contribution in [3.8, 4) is 0 Å². The number of hydrogen-bond donors (Lipinski definition) is 0. The molecule has 1 saturated heterocycles. The van der Waals surface area contributed by atoms with Gasteiger partial charge in [0, 0.05) is 6.42 Å². The van der Waals surface area contributed by atoms with Gasteiger partial charge in [0.1, 0.15) is 12.4 Å². The third-order valence-electron chi connectivity index (χ3n) is 3.40. The van der Waals surface area contributed by atoms with E-state index in [9.17, 15) is 14.0 Å². The maximum Gasteiger partial charge on any atom is 0.410 e. The van der Waals surface area contributed by atoms with Crippen molar-refractivity contribution in [3.05, 3.63) is 35.6 Å². The van der Waals surface area contributed by atoms with Gasteiger partial charge in [-0.25, -0.2) is 9.18 Å². The van der Waals surface area contributed by atoms with Gasteiger partial charge in [0.25, 0.3) is 0 Å². The van der Waals surface area contributed by atoms with Crippen LogP contribution in [0.1, 0.15) is 19.4 Å². The molecule has 0 saturated carbocycles. The van der Waals surface area contributed by atoms with E-state index >= 15 is 0 Å². The predicted octanol–water partition coefficient (Wildman–Crippen LogP) is 2.17. The van der Waals surface area contributed by atoms with Crippen LogP contribution in [0.15, 0.2) is 24.3 Å². The molecule has 1 aromatic rings. The standard InChI is InChI=1S/C14H16FNO3/c1-14(2,16-7-8-19-13(16)18)12(17)9-10-3-5-11(15)6-4-10/h3-6H,7-9H2,1-2H3. The highest BCUT2D eigenvalue weighted by molar-refractivity contribution is 5.92. The van der Waals surface area contributed by atoms with Gasteiger partial charge < -0.3 is 4.74 Å². The summed E-state index contributed by atoms with van der Waals surface area (Å²) in [6.07, 6.45) is -0.297. The summed E-state index contributed by atoms with van der Waals surface area (Å²) in [4.78, 5) is 25.3. The normalized spacial score (nSPS) is 15.5. The maximum absolute atomic E-state index is 12.8. The molecule has 0 bridgehead atoms. The van der Waals surface area contributed by atoms with Crippen molar-refractivity contribution in [2.24, 2.45) is 0 Å². The van der Waals surface area contributed by atoms with Gasteiger partial charge in [0.15, 0.2) is 5.78 Å². The third-order valence-corrected chi connectivity index (χ3v) is 3.40. The van der Waals surface area contributed by atoms with E-state index < -0.39 is 11.6 Å². The SMILES string of the molecule is CC(C)(C(=O)Cc1ccc(F)cc1)N1CCOC1=O. The van der Waals surface area contributed by atoms with E-state index in [1.54, 1.807) is 26.0 Å². The first-order valence-electron chi connectivity index (χ1n) is 6.13. The lowest BCUT2D eigenvalue weighted by atomic mass is 9.92. The number of amides is 1. The zero-order valence-electron chi connectivity index (χ0n) is 11.0. The quantitative estimate of drug-likeness (QED) is 0.838. The average molecular weight is 265 g/mol. The Kier molecular flexibility index (Phi) is 3.55. The molecule has 1 heterocycles. The molecule has 19 heavy (non-hydrogen) atoms. The number of rotatable bonds is 4. The molecule has 102 valence electrons. The first-order valence-corrected chi connectivity index (χ1v) is 6.13. The highest BCUT2D eigenvalue weighted by atomic mass is 19.1. The smallest absolute Gasteiger partial charge is 0.410 e. The van der Waals surface area contributed by atoms with Crippen molar-refractivity contribution >= 4 is 11.9 Å². The Morgan fingerprint density at radius 3 is 2.53 bits per heavy atom. The first kappa shape index (κ1) is 13.5. The number of halogens is 1. The van der Waals surface area contributed by atoms with Crippen LogP contribution in [0.25, 0.3) is 0 Å². The number of ketones is 1. The molecule has 0 unspecified atom stereocenters. The van der Waals surface area contributed by atoms with Gasteiger partial charge in [-0.15, -0.1) is 0 Å². The minimum atomic E-state index is -0.915. The van der Waals surface area contributed by atoms with Crippen molar-refractivity contribution in [2.75, 3.05) is 13.2 Å². The first-order chi connectivity index (χ1) is 8.91. The van der Waals surface area contributed by atoms with Crippen molar-refractivity contribution in [1.82, 2.24) is 4.90 Å². The Hall–Kier alpha value is -1.91. The lowest BCUT2D eigenvalue weighted by Gasteiger charge is -2.31. The van der Waals surface area contributed by atoms with Crippen molar-refractivity contribution in [2.45, 2.75) is 25.8 Å². The Morgan fingerprint density at radius 2 is 2.00 bits per heavy atom. The van der Waals surface area contributed by atoms with E-state index in [1.165, 1.54) is 17.0 Å². The zero-order chi connectivity index (χ0) is 14.0. The van der Waals surface area contributed by atoms with Crippen LogP contribution < -0.4 is 0 Å². The molecule has 2 rings (SSSR count). The summed E-state index contributed by atoms with van der Waals surface area (Å²) in [5, 5.41) is 0. The Bertz CT molecular complexity index is 496. The molecule has 0 aromatic heterocycles. The fourth-order valence-electron chi connectivity index (χ4n) is 2.06. The Labute approximate surface area is 111 Å². The fraction of sp³-hybridized carbons (Fsp3) is 0.429. The van der Waals surface area contributed by atoms with E-state index in [4.69, 9.17) is 4.74 Å². The van der Waals surface area contributed by atoms with Crippen molar-refractivity contribution in [3.63, 3.8) is 0 Å². The molecule has 0 radical (unpaired) electrons. The molecular formula is C14H16FNO3. The average Bonchev–Trinajstić information content (AvgIpc) is 2.79. The summed E-state index contributed by atoms with van der Waals surface area (Å²) >= 11 is 0. The third kappa shape index (κ3) is 2.75. The van der Waals surface area contributed by atoms with Gasteiger partial charge in [-0.1, -0.05) is 12.1 Å². The molecule has 0 spiro atoms. The molecule has 1 fully saturated rings. The summed E-state index contributed by atoms with van der Waals surface area (Å²) in [5.41, 5.74) is -0.186. The number of hydrogen-bond acceptors (Lipinski definition) is 3. The zero-order valence-corrected chi connectivity index (χ0v) is 11.0. The fourth-order valence-corrected chi connectivity index (χ4v) is 2.06. The van der Waals surface area contributed by atoms with Crippen LogP contribution in [0.3, 0.4) is 0 Å². The minimum absolute atomic E-state index is 0.0991. The number of cyclic esters (lactones) is 1. The van der Waals surface area contributed by atoms with Crippen LogP contribution in [0, 0.1) is 5.82 Å². The lowest BCUT2D eigenvalue weighted by Crippen LogP contribution is -2.51. The number of ether oxygens (including phenoxy) is 1. The van der Waals surface area contributed by atoms with E-state index in [0.717, 1.165) is 5.56 Å². The second-order valence-electron chi connectivity index (χ2n) is 5.05. The van der Waals surface area contributed by atoms with E-state index in [0.29, 0.717) is 13.2 Å². The molecule has 0 atom stereocenters. The summed E-state index contributed by atoms with van der Waals surface area (Å²) in [6.45, 7) is 4.13. The van der Waals surface area contributed by atoms with Crippen LogP contribution in [0.5, 0.6) is 0 Å². The predicted molar refractivity (Wildman–Crippen MR) is 67.2 cm³/mol. The number of carbonyl (C=O) groups excluding carboxylic acids is 2. The number of carbonyl (C=O) groups is 2. The molecule has 1 aromatic carbocycles. The summed E-state index contributed by atoms with van der Waals surface area (Å²) in [6, 6.07) is 5.79. The molecule has 1 aliphatic heterocycles. The second kappa shape index (κ2) is 4.99.